The molecule has 32 heavy (non-hydrogen) atoms. The van der Waals surface area contributed by atoms with E-state index in [-0.39, 0.29) is 17.1 Å². The molecule has 0 aliphatic carbocycles. The van der Waals surface area contributed by atoms with Crippen LogP contribution in [0.1, 0.15) is 34.8 Å². The number of allylic oxidation sites excluding steroid dienone is 1. The molecule has 1 heterocycles. The minimum absolute atomic E-state index is 0.202. The fourth-order valence-corrected chi connectivity index (χ4v) is 4.25. The van der Waals surface area contributed by atoms with Crippen molar-refractivity contribution in [3.63, 3.8) is 0 Å². The monoisotopic (exact) mass is 424 g/mol. The first-order valence-corrected chi connectivity index (χ1v) is 11.1. The predicted octanol–water partition coefficient (Wildman–Crippen LogP) is 5.08. The number of carbonyl (C=O) groups excluding carboxylic acids is 2. The van der Waals surface area contributed by atoms with Gasteiger partial charge in [-0.15, -0.1) is 0 Å². The molecule has 0 unspecified atom stereocenters. The van der Waals surface area contributed by atoms with Crippen molar-refractivity contribution in [3.8, 4) is 0 Å². The van der Waals surface area contributed by atoms with Gasteiger partial charge >= 0.3 is 0 Å². The molecule has 4 heteroatoms. The molecule has 0 aromatic heterocycles. The first kappa shape index (κ1) is 21.6. The van der Waals surface area contributed by atoms with Gasteiger partial charge in [0, 0.05) is 31.7 Å². The van der Waals surface area contributed by atoms with Crippen molar-refractivity contribution in [2.24, 2.45) is 0 Å². The quantitative estimate of drug-likeness (QED) is 0.230. The molecule has 1 saturated heterocycles. The molecule has 0 radical (unpaired) electrons. The van der Waals surface area contributed by atoms with Crippen molar-refractivity contribution in [2.45, 2.75) is 26.4 Å². The van der Waals surface area contributed by atoms with Crippen LogP contribution in [0.2, 0.25) is 0 Å². The van der Waals surface area contributed by atoms with Gasteiger partial charge in [0.15, 0.2) is 11.6 Å². The summed E-state index contributed by atoms with van der Waals surface area (Å²) in [5.74, 6) is 0.323. The summed E-state index contributed by atoms with van der Waals surface area (Å²) < 4.78 is 0. The molecule has 0 bridgehead atoms. The van der Waals surface area contributed by atoms with Crippen LogP contribution in [0.25, 0.3) is 0 Å². The summed E-state index contributed by atoms with van der Waals surface area (Å²) in [5.41, 5.74) is 3.11. The number of carbonyl (C=O) groups is 2. The topological polar surface area (TPSA) is 40.6 Å². The summed E-state index contributed by atoms with van der Waals surface area (Å²) in [6, 6.07) is 29.5. The molecular weight excluding hydrogens is 396 g/mol. The molecule has 0 amide bonds. The van der Waals surface area contributed by atoms with Crippen molar-refractivity contribution >= 4 is 11.6 Å². The summed E-state index contributed by atoms with van der Waals surface area (Å²) in [6.07, 6.45) is 0.966. The maximum absolute atomic E-state index is 13.5. The summed E-state index contributed by atoms with van der Waals surface area (Å²) >= 11 is 0. The number of rotatable bonds is 7. The van der Waals surface area contributed by atoms with Gasteiger partial charge in [-0.2, -0.15) is 0 Å². The molecular formula is C28H28N2O2. The van der Waals surface area contributed by atoms with Crippen LogP contribution in [-0.4, -0.2) is 34.5 Å². The van der Waals surface area contributed by atoms with E-state index >= 15 is 0 Å². The Morgan fingerprint density at radius 3 is 1.56 bits per heavy atom. The second kappa shape index (κ2) is 10.1. The third-order valence-corrected chi connectivity index (χ3v) is 5.73. The summed E-state index contributed by atoms with van der Waals surface area (Å²) in [7, 11) is 0. The Balaban J connectivity index is 1.80. The van der Waals surface area contributed by atoms with E-state index in [2.05, 4.69) is 34.1 Å². The zero-order chi connectivity index (χ0) is 22.3. The van der Waals surface area contributed by atoms with Gasteiger partial charge in [-0.25, -0.2) is 0 Å². The highest BCUT2D eigenvalue weighted by atomic mass is 16.1. The highest BCUT2D eigenvalue weighted by Crippen LogP contribution is 2.28. The minimum atomic E-state index is -0.217. The lowest BCUT2D eigenvalue weighted by Gasteiger charge is -2.42. The predicted molar refractivity (Wildman–Crippen MR) is 127 cm³/mol. The smallest absolute Gasteiger partial charge is 0.200 e. The van der Waals surface area contributed by atoms with Crippen molar-refractivity contribution < 1.29 is 9.59 Å². The van der Waals surface area contributed by atoms with Gasteiger partial charge in [-0.1, -0.05) is 91.0 Å². The molecule has 0 N–H and O–H groups in total. The molecule has 3 aromatic rings. The van der Waals surface area contributed by atoms with Gasteiger partial charge in [0.1, 0.15) is 11.4 Å². The fourth-order valence-electron chi connectivity index (χ4n) is 4.25. The molecule has 3 aromatic carbocycles. The molecule has 4 rings (SSSR count). The van der Waals surface area contributed by atoms with E-state index in [1.165, 1.54) is 6.92 Å². The maximum Gasteiger partial charge on any atom is 0.200 e. The Hall–Kier alpha value is -3.66. The third kappa shape index (κ3) is 4.97. The Labute approximate surface area is 189 Å². The van der Waals surface area contributed by atoms with Crippen LogP contribution in [-0.2, 0) is 17.9 Å². The minimum Gasteiger partial charge on any atom is -0.353 e. The third-order valence-electron chi connectivity index (χ3n) is 5.73. The Morgan fingerprint density at radius 2 is 1.12 bits per heavy atom. The van der Waals surface area contributed by atoms with E-state index in [0.29, 0.717) is 18.7 Å². The van der Waals surface area contributed by atoms with Crippen molar-refractivity contribution in [2.75, 3.05) is 13.1 Å². The van der Waals surface area contributed by atoms with Crippen LogP contribution >= 0.6 is 0 Å². The highest BCUT2D eigenvalue weighted by Gasteiger charge is 2.31. The number of hydrogen-bond acceptors (Lipinski definition) is 4. The van der Waals surface area contributed by atoms with Gasteiger partial charge in [-0.05, 0) is 24.5 Å². The second-order valence-electron chi connectivity index (χ2n) is 8.12. The molecule has 0 spiro atoms. The van der Waals surface area contributed by atoms with Crippen molar-refractivity contribution in [3.05, 3.63) is 119 Å². The molecule has 1 aliphatic heterocycles. The summed E-state index contributed by atoms with van der Waals surface area (Å²) in [5, 5.41) is 0. The zero-order valence-corrected chi connectivity index (χ0v) is 18.4. The number of Topliss-reactive ketones (excluding diaryl/α,β-unsaturated/α-hetero) is 2. The lowest BCUT2D eigenvalue weighted by atomic mass is 9.98. The largest absolute Gasteiger partial charge is 0.353 e. The molecule has 162 valence electrons. The average molecular weight is 425 g/mol. The van der Waals surface area contributed by atoms with Crippen LogP contribution in [0.4, 0.5) is 0 Å². The fraction of sp³-hybridized carbons (Fsp3) is 0.214. The van der Waals surface area contributed by atoms with Crippen LogP contribution < -0.4 is 0 Å². The normalized spacial score (nSPS) is 13.7. The first-order chi connectivity index (χ1) is 15.6. The Bertz CT molecular complexity index is 1040. The summed E-state index contributed by atoms with van der Waals surface area (Å²) in [4.78, 5) is 30.9. The van der Waals surface area contributed by atoms with Gasteiger partial charge in [0.05, 0.1) is 0 Å². The van der Waals surface area contributed by atoms with Gasteiger partial charge < -0.3 is 9.80 Å². The van der Waals surface area contributed by atoms with Crippen molar-refractivity contribution in [1.82, 2.24) is 9.80 Å². The van der Waals surface area contributed by atoms with Crippen LogP contribution in [0.15, 0.2) is 102 Å². The van der Waals surface area contributed by atoms with E-state index in [9.17, 15) is 9.59 Å². The van der Waals surface area contributed by atoms with Gasteiger partial charge in [0.2, 0.25) is 0 Å². The van der Waals surface area contributed by atoms with Gasteiger partial charge in [0.25, 0.3) is 0 Å². The highest BCUT2D eigenvalue weighted by molar-refractivity contribution is 6.26. The Kier molecular flexibility index (Phi) is 6.81. The van der Waals surface area contributed by atoms with E-state index in [4.69, 9.17) is 0 Å². The van der Waals surface area contributed by atoms with Gasteiger partial charge in [-0.3, -0.25) is 9.59 Å². The van der Waals surface area contributed by atoms with Crippen molar-refractivity contribution in [1.29, 1.82) is 0 Å². The SMILES string of the molecule is CC(=O)C(C(=O)c1ccccc1)=C1N(Cc2ccccc2)CCCN1Cc1ccccc1. The van der Waals surface area contributed by atoms with E-state index in [1.54, 1.807) is 12.1 Å². The average Bonchev–Trinajstić information content (AvgIpc) is 2.82. The van der Waals surface area contributed by atoms with E-state index in [1.807, 2.05) is 54.6 Å². The number of hydrogen-bond donors (Lipinski definition) is 0. The number of nitrogens with zero attached hydrogens (tertiary/aromatic N) is 2. The molecule has 0 saturated carbocycles. The zero-order valence-electron chi connectivity index (χ0n) is 18.4. The maximum atomic E-state index is 13.5. The number of ketones is 2. The molecule has 1 fully saturated rings. The number of benzene rings is 3. The summed E-state index contributed by atoms with van der Waals surface area (Å²) in [6.45, 7) is 4.41. The van der Waals surface area contributed by atoms with Crippen LogP contribution in [0.5, 0.6) is 0 Å². The molecule has 1 aliphatic rings. The van der Waals surface area contributed by atoms with E-state index < -0.39 is 0 Å². The molecule has 0 atom stereocenters. The second-order valence-corrected chi connectivity index (χ2v) is 8.12. The lowest BCUT2D eigenvalue weighted by molar-refractivity contribution is -0.113. The van der Waals surface area contributed by atoms with E-state index in [0.717, 1.165) is 36.5 Å². The lowest BCUT2D eigenvalue weighted by Crippen LogP contribution is -2.44. The van der Waals surface area contributed by atoms with Crippen LogP contribution in [0.3, 0.4) is 0 Å². The Morgan fingerprint density at radius 1 is 0.688 bits per heavy atom. The molecule has 4 nitrogen and oxygen atoms in total. The van der Waals surface area contributed by atoms with Crippen LogP contribution in [0, 0.1) is 0 Å². The first-order valence-electron chi connectivity index (χ1n) is 11.1. The standard InChI is InChI=1S/C28H28N2O2/c1-22(31)26(27(32)25-16-9-4-10-17-25)28-29(20-23-12-5-2-6-13-23)18-11-19-30(28)21-24-14-7-3-8-15-24/h2-10,12-17H,11,18-21H2,1H3.